The van der Waals surface area contributed by atoms with Crippen LogP contribution in [-0.2, 0) is 28.6 Å². The van der Waals surface area contributed by atoms with Gasteiger partial charge in [-0.15, -0.1) is 0 Å². The number of hydrogen-bond donors (Lipinski definition) is 0. The number of carbonyl (C=O) groups is 3. The van der Waals surface area contributed by atoms with Crippen LogP contribution in [0.5, 0.6) is 0 Å². The smallest absolute Gasteiger partial charge is 0.331 e. The van der Waals surface area contributed by atoms with Crippen molar-refractivity contribution < 1.29 is 33.0 Å². The van der Waals surface area contributed by atoms with Crippen molar-refractivity contribution in [2.24, 2.45) is 33.5 Å². The molecule has 0 N–H and O–H groups in total. The first kappa shape index (κ1) is 26.1. The molecule has 0 spiro atoms. The molecule has 2 heterocycles. The summed E-state index contributed by atoms with van der Waals surface area (Å²) in [5.41, 5.74) is 0.489. The third-order valence-electron chi connectivity index (χ3n) is 10.8. The van der Waals surface area contributed by atoms with Crippen LogP contribution in [0.15, 0.2) is 34.7 Å². The van der Waals surface area contributed by atoms with E-state index in [4.69, 9.17) is 18.6 Å². The number of esters is 3. The maximum absolute atomic E-state index is 13.0. The third kappa shape index (κ3) is 3.70. The summed E-state index contributed by atoms with van der Waals surface area (Å²) in [6.45, 7) is 14.0. The molecule has 0 amide bonds. The zero-order chi connectivity index (χ0) is 27.0. The zero-order valence-corrected chi connectivity index (χ0v) is 23.1. The maximum Gasteiger partial charge on any atom is 0.331 e. The lowest BCUT2D eigenvalue weighted by atomic mass is 9.36. The zero-order valence-electron chi connectivity index (χ0n) is 23.1. The minimum absolute atomic E-state index is 0.0831. The van der Waals surface area contributed by atoms with E-state index < -0.39 is 23.0 Å². The van der Waals surface area contributed by atoms with Gasteiger partial charge in [-0.1, -0.05) is 34.6 Å². The van der Waals surface area contributed by atoms with Gasteiger partial charge in [-0.05, 0) is 61.0 Å². The number of furan rings is 1. The van der Waals surface area contributed by atoms with Crippen molar-refractivity contribution in [2.45, 2.75) is 98.9 Å². The van der Waals surface area contributed by atoms with Crippen LogP contribution < -0.4 is 0 Å². The minimum atomic E-state index is -0.546. The summed E-state index contributed by atoms with van der Waals surface area (Å²) >= 11 is 0. The molecule has 0 aromatic carbocycles. The Morgan fingerprint density at radius 1 is 0.946 bits per heavy atom. The molecule has 0 unspecified atom stereocenters. The largest absolute Gasteiger partial charge is 0.472 e. The number of ether oxygens (including phenoxy) is 3. The second-order valence-corrected chi connectivity index (χ2v) is 13.1. The van der Waals surface area contributed by atoms with Crippen molar-refractivity contribution in [3.8, 4) is 0 Å². The molecule has 1 aromatic heterocycles. The van der Waals surface area contributed by atoms with E-state index in [1.807, 2.05) is 6.07 Å². The standard InChI is InChI=1S/C30H40O7/c1-17(31)35-23-9-12-28(5)20-8-11-29(6)22(15-25(33)37-26(29)19-10-13-34-16-19)30(20,7)24(36-18(2)32)14-21(28)27(23,3)4/h10,13,15-16,20-21,23-24,26H,8-9,11-12,14H2,1-7H3/t20-,21+,23-,24+,26-,28-,29-,30+/m0/s1. The molecule has 5 rings (SSSR count). The minimum Gasteiger partial charge on any atom is -0.472 e. The summed E-state index contributed by atoms with van der Waals surface area (Å²) in [5.74, 6) is -0.602. The highest BCUT2D eigenvalue weighted by Gasteiger charge is 2.70. The molecule has 3 saturated carbocycles. The predicted octanol–water partition coefficient (Wildman–Crippen LogP) is 5.94. The molecule has 3 fully saturated rings. The fourth-order valence-electron chi connectivity index (χ4n) is 9.24. The van der Waals surface area contributed by atoms with Gasteiger partial charge in [0.1, 0.15) is 18.3 Å². The van der Waals surface area contributed by atoms with Crippen LogP contribution in [0.4, 0.5) is 0 Å². The fourth-order valence-corrected chi connectivity index (χ4v) is 9.24. The highest BCUT2D eigenvalue weighted by molar-refractivity contribution is 5.85. The summed E-state index contributed by atoms with van der Waals surface area (Å²) in [5, 5.41) is 0. The van der Waals surface area contributed by atoms with Gasteiger partial charge in [0.25, 0.3) is 0 Å². The Kier molecular flexibility index (Phi) is 5.96. The van der Waals surface area contributed by atoms with Crippen molar-refractivity contribution in [2.75, 3.05) is 0 Å². The molecule has 7 heteroatoms. The molecule has 1 aromatic rings. The molecule has 3 aliphatic carbocycles. The average molecular weight is 513 g/mol. The Balaban J connectivity index is 1.63. The second-order valence-electron chi connectivity index (χ2n) is 13.1. The molecule has 7 nitrogen and oxygen atoms in total. The Hall–Kier alpha value is -2.57. The van der Waals surface area contributed by atoms with Crippen LogP contribution in [-0.4, -0.2) is 30.1 Å². The number of fused-ring (bicyclic) bond motifs is 5. The normalized spacial score (nSPS) is 42.3. The van der Waals surface area contributed by atoms with Gasteiger partial charge in [0.2, 0.25) is 0 Å². The van der Waals surface area contributed by atoms with Crippen molar-refractivity contribution in [1.29, 1.82) is 0 Å². The molecule has 8 atom stereocenters. The summed E-state index contributed by atoms with van der Waals surface area (Å²) < 4.78 is 23.3. The molecular formula is C30H40O7. The van der Waals surface area contributed by atoms with Crippen LogP contribution >= 0.6 is 0 Å². The highest BCUT2D eigenvalue weighted by atomic mass is 16.6. The van der Waals surface area contributed by atoms with Crippen molar-refractivity contribution in [3.63, 3.8) is 0 Å². The van der Waals surface area contributed by atoms with Gasteiger partial charge in [0, 0.05) is 41.7 Å². The molecule has 0 bridgehead atoms. The Morgan fingerprint density at radius 2 is 1.62 bits per heavy atom. The van der Waals surface area contributed by atoms with E-state index in [-0.39, 0.29) is 46.7 Å². The quantitative estimate of drug-likeness (QED) is 0.366. The molecular weight excluding hydrogens is 472 g/mol. The van der Waals surface area contributed by atoms with E-state index in [2.05, 4.69) is 34.6 Å². The molecule has 202 valence electrons. The first-order chi connectivity index (χ1) is 17.2. The van der Waals surface area contributed by atoms with Crippen LogP contribution in [0.1, 0.15) is 92.2 Å². The van der Waals surface area contributed by atoms with Gasteiger partial charge in [-0.3, -0.25) is 9.59 Å². The summed E-state index contributed by atoms with van der Waals surface area (Å²) in [4.78, 5) is 37.4. The van der Waals surface area contributed by atoms with Gasteiger partial charge in [-0.2, -0.15) is 0 Å². The highest BCUT2D eigenvalue weighted by Crippen LogP contribution is 2.73. The van der Waals surface area contributed by atoms with Crippen molar-refractivity contribution in [1.82, 2.24) is 0 Å². The van der Waals surface area contributed by atoms with Crippen molar-refractivity contribution >= 4 is 17.9 Å². The van der Waals surface area contributed by atoms with Crippen LogP contribution in [0.25, 0.3) is 0 Å². The lowest BCUT2D eigenvalue weighted by Gasteiger charge is -2.69. The lowest BCUT2D eigenvalue weighted by Crippen LogP contribution is -2.67. The van der Waals surface area contributed by atoms with E-state index in [1.165, 1.54) is 13.8 Å². The van der Waals surface area contributed by atoms with E-state index in [0.717, 1.165) is 36.8 Å². The number of cyclic esters (lactones) is 1. The first-order valence-electron chi connectivity index (χ1n) is 13.5. The van der Waals surface area contributed by atoms with Crippen molar-refractivity contribution in [3.05, 3.63) is 35.8 Å². The average Bonchev–Trinajstić information content (AvgIpc) is 3.32. The molecule has 4 aliphatic rings. The maximum atomic E-state index is 13.0. The van der Waals surface area contributed by atoms with Gasteiger partial charge in [-0.25, -0.2) is 4.79 Å². The van der Waals surface area contributed by atoms with E-state index in [9.17, 15) is 14.4 Å². The topological polar surface area (TPSA) is 92.0 Å². The van der Waals surface area contributed by atoms with Crippen LogP contribution in [0.3, 0.4) is 0 Å². The number of rotatable bonds is 3. The van der Waals surface area contributed by atoms with E-state index >= 15 is 0 Å². The molecule has 0 saturated heterocycles. The summed E-state index contributed by atoms with van der Waals surface area (Å²) in [7, 11) is 0. The van der Waals surface area contributed by atoms with Gasteiger partial charge in [0.05, 0.1) is 12.5 Å². The second kappa shape index (κ2) is 8.47. The Morgan fingerprint density at radius 3 is 2.24 bits per heavy atom. The summed E-state index contributed by atoms with van der Waals surface area (Å²) in [6, 6.07) is 1.86. The van der Waals surface area contributed by atoms with Gasteiger partial charge >= 0.3 is 17.9 Å². The lowest BCUT2D eigenvalue weighted by molar-refractivity contribution is -0.230. The SMILES string of the molecule is CC(=O)O[C@H]1CC[C@]2(C)[C@H](C[C@@H](OC(C)=O)[C@@]3(C)C4=CC(=O)O[C@@H](c5ccoc5)[C@@]4(C)CC[C@@H]23)C1(C)C. The summed E-state index contributed by atoms with van der Waals surface area (Å²) in [6.07, 6.45) is 7.98. The van der Waals surface area contributed by atoms with E-state index in [0.29, 0.717) is 6.42 Å². The predicted molar refractivity (Wildman–Crippen MR) is 135 cm³/mol. The number of carbonyl (C=O) groups excluding carboxylic acids is 3. The fraction of sp³-hybridized carbons (Fsp3) is 0.700. The van der Waals surface area contributed by atoms with Gasteiger partial charge < -0.3 is 18.6 Å². The van der Waals surface area contributed by atoms with Crippen LogP contribution in [0, 0.1) is 33.5 Å². The Labute approximate surface area is 219 Å². The molecule has 1 aliphatic heterocycles. The van der Waals surface area contributed by atoms with E-state index in [1.54, 1.807) is 18.6 Å². The first-order valence-corrected chi connectivity index (χ1v) is 13.5. The number of hydrogen-bond acceptors (Lipinski definition) is 7. The Bertz CT molecular complexity index is 1130. The molecule has 37 heavy (non-hydrogen) atoms. The molecule has 0 radical (unpaired) electrons. The van der Waals surface area contributed by atoms with Crippen LogP contribution in [0.2, 0.25) is 0 Å². The van der Waals surface area contributed by atoms with Gasteiger partial charge in [0.15, 0.2) is 0 Å². The third-order valence-corrected chi connectivity index (χ3v) is 10.8. The monoisotopic (exact) mass is 512 g/mol.